The quantitative estimate of drug-likeness (QED) is 0.609. The van der Waals surface area contributed by atoms with E-state index >= 15 is 0 Å². The van der Waals surface area contributed by atoms with Crippen LogP contribution >= 0.6 is 0 Å². The lowest BCUT2D eigenvalue weighted by atomic mass is 10.1. The molecule has 6 heteroatoms. The molecule has 1 unspecified atom stereocenters. The summed E-state index contributed by atoms with van der Waals surface area (Å²) in [7, 11) is -3.76. The van der Waals surface area contributed by atoms with Gasteiger partial charge in [0, 0.05) is 6.08 Å². The van der Waals surface area contributed by atoms with Gasteiger partial charge in [0.2, 0.25) is 10.0 Å². The highest BCUT2D eigenvalue weighted by Gasteiger charge is 2.22. The fraction of sp³-hybridized carbons (Fsp3) is 0.211. The first-order chi connectivity index (χ1) is 11.8. The molecule has 0 bridgehead atoms. The second-order valence-corrected chi connectivity index (χ2v) is 7.45. The SMILES string of the molecule is C=CC(=O)OCC(NS(=O)(=O)c1ccc(C)cc1)c1ccc(C)cc1. The van der Waals surface area contributed by atoms with Crippen LogP contribution < -0.4 is 4.72 Å². The number of esters is 1. The second kappa shape index (κ2) is 8.09. The molecule has 132 valence electrons. The van der Waals surface area contributed by atoms with E-state index in [1.165, 1.54) is 0 Å². The van der Waals surface area contributed by atoms with Gasteiger partial charge in [0.05, 0.1) is 10.9 Å². The summed E-state index contributed by atoms with van der Waals surface area (Å²) < 4.78 is 32.9. The number of ether oxygens (including phenoxy) is 1. The molecule has 25 heavy (non-hydrogen) atoms. The molecule has 0 fully saturated rings. The summed E-state index contributed by atoms with van der Waals surface area (Å²) in [5.41, 5.74) is 2.72. The van der Waals surface area contributed by atoms with Crippen LogP contribution in [0.1, 0.15) is 22.7 Å². The molecule has 0 aromatic heterocycles. The number of aryl methyl sites for hydroxylation is 2. The Balaban J connectivity index is 2.27. The Labute approximate surface area is 148 Å². The fourth-order valence-electron chi connectivity index (χ4n) is 2.19. The highest BCUT2D eigenvalue weighted by Crippen LogP contribution is 2.19. The molecule has 0 amide bonds. The van der Waals surface area contributed by atoms with Gasteiger partial charge in [-0.15, -0.1) is 0 Å². The highest BCUT2D eigenvalue weighted by atomic mass is 32.2. The second-order valence-electron chi connectivity index (χ2n) is 5.73. The van der Waals surface area contributed by atoms with Crippen molar-refractivity contribution >= 4 is 16.0 Å². The minimum Gasteiger partial charge on any atom is -0.460 e. The Morgan fingerprint density at radius 3 is 2.12 bits per heavy atom. The number of hydrogen-bond acceptors (Lipinski definition) is 4. The normalized spacial score (nSPS) is 12.4. The Kier molecular flexibility index (Phi) is 6.12. The molecule has 2 aromatic carbocycles. The van der Waals surface area contributed by atoms with Crippen LogP contribution in [0.4, 0.5) is 0 Å². The van der Waals surface area contributed by atoms with Crippen molar-refractivity contribution in [2.24, 2.45) is 0 Å². The summed E-state index contributed by atoms with van der Waals surface area (Å²) in [6, 6.07) is 13.2. The molecule has 1 N–H and O–H groups in total. The van der Waals surface area contributed by atoms with Gasteiger partial charge in [-0.05, 0) is 31.5 Å². The van der Waals surface area contributed by atoms with Crippen LogP contribution in [0.25, 0.3) is 0 Å². The molecule has 0 aliphatic carbocycles. The van der Waals surface area contributed by atoms with Gasteiger partial charge in [-0.25, -0.2) is 17.9 Å². The monoisotopic (exact) mass is 359 g/mol. The third kappa shape index (κ3) is 5.27. The molecule has 0 heterocycles. The molecule has 2 rings (SSSR count). The van der Waals surface area contributed by atoms with Gasteiger partial charge in [-0.3, -0.25) is 0 Å². The molecule has 0 aliphatic rings. The summed E-state index contributed by atoms with van der Waals surface area (Å²) in [6.45, 7) is 7.03. The van der Waals surface area contributed by atoms with Crippen molar-refractivity contribution in [3.8, 4) is 0 Å². The maximum absolute atomic E-state index is 12.6. The van der Waals surface area contributed by atoms with Gasteiger partial charge >= 0.3 is 5.97 Å². The van der Waals surface area contributed by atoms with Crippen molar-refractivity contribution in [1.82, 2.24) is 4.72 Å². The van der Waals surface area contributed by atoms with E-state index in [0.717, 1.165) is 17.2 Å². The fourth-order valence-corrected chi connectivity index (χ4v) is 3.40. The first-order valence-corrected chi connectivity index (χ1v) is 9.25. The van der Waals surface area contributed by atoms with Crippen LogP contribution in [0.15, 0.2) is 66.1 Å². The van der Waals surface area contributed by atoms with Crippen molar-refractivity contribution < 1.29 is 17.9 Å². The molecule has 0 aliphatic heterocycles. The average molecular weight is 359 g/mol. The van der Waals surface area contributed by atoms with Gasteiger partial charge < -0.3 is 4.74 Å². The summed E-state index contributed by atoms with van der Waals surface area (Å²) in [6.07, 6.45) is 1.04. The van der Waals surface area contributed by atoms with Gasteiger partial charge in [-0.2, -0.15) is 0 Å². The van der Waals surface area contributed by atoms with E-state index in [4.69, 9.17) is 4.74 Å². The van der Waals surface area contributed by atoms with Crippen molar-refractivity contribution in [2.45, 2.75) is 24.8 Å². The molecule has 1 atom stereocenters. The molecule has 2 aromatic rings. The van der Waals surface area contributed by atoms with E-state index < -0.39 is 22.0 Å². The van der Waals surface area contributed by atoms with Crippen LogP contribution in [0.2, 0.25) is 0 Å². The zero-order valence-corrected chi connectivity index (χ0v) is 15.0. The molecule has 5 nitrogen and oxygen atoms in total. The largest absolute Gasteiger partial charge is 0.460 e. The first kappa shape index (κ1) is 18.9. The zero-order chi connectivity index (χ0) is 18.4. The summed E-state index contributed by atoms with van der Waals surface area (Å²) in [5.74, 6) is -0.605. The van der Waals surface area contributed by atoms with E-state index in [9.17, 15) is 13.2 Å². The lowest BCUT2D eigenvalue weighted by Crippen LogP contribution is -2.32. The lowest BCUT2D eigenvalue weighted by Gasteiger charge is -2.19. The minimum absolute atomic E-state index is 0.126. The van der Waals surface area contributed by atoms with Crippen molar-refractivity contribution in [2.75, 3.05) is 6.61 Å². The highest BCUT2D eigenvalue weighted by molar-refractivity contribution is 7.89. The number of rotatable bonds is 7. The third-order valence-corrected chi connectivity index (χ3v) is 5.15. The standard InChI is InChI=1S/C19H21NO4S/c1-4-19(21)24-13-18(16-9-5-14(2)6-10-16)20-25(22,23)17-11-7-15(3)8-12-17/h4-12,18,20H,1,13H2,2-3H3. The van der Waals surface area contributed by atoms with E-state index in [1.807, 2.05) is 26.0 Å². The predicted molar refractivity (Wildman–Crippen MR) is 96.6 cm³/mol. The maximum atomic E-state index is 12.6. The summed E-state index contributed by atoms with van der Waals surface area (Å²) in [5, 5.41) is 0. The number of benzene rings is 2. The van der Waals surface area contributed by atoms with Gasteiger partial charge in [-0.1, -0.05) is 54.1 Å². The van der Waals surface area contributed by atoms with Crippen LogP contribution in [0.5, 0.6) is 0 Å². The van der Waals surface area contributed by atoms with Gasteiger partial charge in [0.25, 0.3) is 0 Å². The van der Waals surface area contributed by atoms with Crippen LogP contribution in [0, 0.1) is 13.8 Å². The van der Waals surface area contributed by atoms with E-state index in [0.29, 0.717) is 5.56 Å². The smallest absolute Gasteiger partial charge is 0.330 e. The minimum atomic E-state index is -3.76. The summed E-state index contributed by atoms with van der Waals surface area (Å²) in [4.78, 5) is 11.5. The molecule has 0 saturated heterocycles. The van der Waals surface area contributed by atoms with E-state index in [2.05, 4.69) is 11.3 Å². The molecular weight excluding hydrogens is 338 g/mol. The van der Waals surface area contributed by atoms with Crippen LogP contribution in [-0.2, 0) is 19.6 Å². The average Bonchev–Trinajstić information content (AvgIpc) is 2.59. The predicted octanol–water partition coefficient (Wildman–Crippen LogP) is 3.05. The number of nitrogens with one attached hydrogen (secondary N) is 1. The number of carbonyl (C=O) groups excluding carboxylic acids is 1. The van der Waals surface area contributed by atoms with Crippen molar-refractivity contribution in [1.29, 1.82) is 0 Å². The Morgan fingerprint density at radius 1 is 1.08 bits per heavy atom. The van der Waals surface area contributed by atoms with E-state index in [-0.39, 0.29) is 11.5 Å². The van der Waals surface area contributed by atoms with Gasteiger partial charge in [0.1, 0.15) is 6.61 Å². The van der Waals surface area contributed by atoms with E-state index in [1.54, 1.807) is 36.4 Å². The maximum Gasteiger partial charge on any atom is 0.330 e. The Morgan fingerprint density at radius 2 is 1.60 bits per heavy atom. The van der Waals surface area contributed by atoms with Gasteiger partial charge in [0.15, 0.2) is 0 Å². The van der Waals surface area contributed by atoms with Crippen LogP contribution in [0.3, 0.4) is 0 Å². The number of sulfonamides is 1. The zero-order valence-electron chi connectivity index (χ0n) is 14.2. The molecule has 0 saturated carbocycles. The third-order valence-electron chi connectivity index (χ3n) is 3.67. The molecular formula is C19H21NO4S. The Hall–Kier alpha value is -2.44. The van der Waals surface area contributed by atoms with Crippen LogP contribution in [-0.4, -0.2) is 21.0 Å². The number of carbonyl (C=O) groups is 1. The topological polar surface area (TPSA) is 72.5 Å². The lowest BCUT2D eigenvalue weighted by molar-refractivity contribution is -0.138. The first-order valence-electron chi connectivity index (χ1n) is 7.76. The Bertz CT molecular complexity index is 840. The summed E-state index contributed by atoms with van der Waals surface area (Å²) >= 11 is 0. The molecule has 0 spiro atoms. The number of hydrogen-bond donors (Lipinski definition) is 1. The van der Waals surface area contributed by atoms with Crippen molar-refractivity contribution in [3.05, 3.63) is 77.9 Å². The molecule has 0 radical (unpaired) electrons. The van der Waals surface area contributed by atoms with Crippen molar-refractivity contribution in [3.63, 3.8) is 0 Å².